The van der Waals surface area contributed by atoms with Gasteiger partial charge in [-0.2, -0.15) is 0 Å². The molecule has 0 bridgehead atoms. The number of nitrogens with one attached hydrogen (secondary N) is 1. The van der Waals surface area contributed by atoms with Gasteiger partial charge in [0.15, 0.2) is 0 Å². The van der Waals surface area contributed by atoms with Gasteiger partial charge in [0.1, 0.15) is 6.04 Å². The van der Waals surface area contributed by atoms with E-state index in [4.69, 9.17) is 11.6 Å². The number of thiophene rings is 1. The van der Waals surface area contributed by atoms with Crippen LogP contribution < -0.4 is 5.32 Å². The third kappa shape index (κ3) is 4.37. The van der Waals surface area contributed by atoms with Crippen LogP contribution in [0.1, 0.15) is 28.1 Å². The fourth-order valence-corrected chi connectivity index (χ4v) is 5.46. The minimum absolute atomic E-state index is 0.240. The predicted molar refractivity (Wildman–Crippen MR) is 111 cm³/mol. The summed E-state index contributed by atoms with van der Waals surface area (Å²) in [6.07, 6.45) is 1.90. The lowest BCUT2D eigenvalue weighted by molar-refractivity contribution is -0.133. The van der Waals surface area contributed by atoms with E-state index in [2.05, 4.69) is 21.2 Å². The second-order valence-corrected chi connectivity index (χ2v) is 9.41. The van der Waals surface area contributed by atoms with Crippen molar-refractivity contribution in [2.75, 3.05) is 19.7 Å². The molecule has 2 heterocycles. The molecule has 144 valence electrons. The summed E-state index contributed by atoms with van der Waals surface area (Å²) in [6, 6.07) is 6.35. The van der Waals surface area contributed by atoms with E-state index in [0.717, 1.165) is 28.8 Å². The van der Waals surface area contributed by atoms with E-state index in [-0.39, 0.29) is 5.91 Å². The number of hydrogen-bond acceptors (Lipinski definition) is 4. The number of aryl methyl sites for hydroxylation is 1. The Bertz CT molecular complexity index is 865. The Morgan fingerprint density at radius 2 is 2.07 bits per heavy atom. The van der Waals surface area contributed by atoms with E-state index in [9.17, 15) is 14.7 Å². The van der Waals surface area contributed by atoms with Crippen LogP contribution in [0.25, 0.3) is 11.1 Å². The molecule has 0 radical (unpaired) electrons. The molecule has 0 spiro atoms. The first kappa shape index (κ1) is 20.3. The van der Waals surface area contributed by atoms with Crippen molar-refractivity contribution >= 4 is 50.7 Å². The average Bonchev–Trinajstić information content (AvgIpc) is 3.26. The van der Waals surface area contributed by atoms with Gasteiger partial charge < -0.3 is 15.3 Å². The Morgan fingerprint density at radius 1 is 1.37 bits per heavy atom. The summed E-state index contributed by atoms with van der Waals surface area (Å²) < 4.78 is 0.679. The summed E-state index contributed by atoms with van der Waals surface area (Å²) in [5.74, 6) is -0.636. The first-order valence-electron chi connectivity index (χ1n) is 8.67. The SMILES string of the molecule is Cc1sc(Br)c(C(=O)NC(CO)C(=O)N2CCCC2)c1-c1cccc(Cl)c1. The van der Waals surface area contributed by atoms with Crippen LogP contribution in [-0.4, -0.2) is 47.6 Å². The topological polar surface area (TPSA) is 69.6 Å². The van der Waals surface area contributed by atoms with Crippen molar-refractivity contribution in [1.82, 2.24) is 10.2 Å². The summed E-state index contributed by atoms with van der Waals surface area (Å²) in [4.78, 5) is 28.2. The second-order valence-electron chi connectivity index (χ2n) is 6.43. The zero-order valence-corrected chi connectivity index (χ0v) is 18.0. The molecular weight excluding hydrogens is 452 g/mol. The highest BCUT2D eigenvalue weighted by molar-refractivity contribution is 9.11. The third-order valence-corrected chi connectivity index (χ3v) is 6.60. The van der Waals surface area contributed by atoms with Gasteiger partial charge in [-0.1, -0.05) is 23.7 Å². The van der Waals surface area contributed by atoms with Crippen LogP contribution in [0.3, 0.4) is 0 Å². The van der Waals surface area contributed by atoms with Gasteiger partial charge >= 0.3 is 0 Å². The van der Waals surface area contributed by atoms with Crippen LogP contribution in [0.4, 0.5) is 0 Å². The zero-order valence-electron chi connectivity index (χ0n) is 14.8. The predicted octanol–water partition coefficient (Wildman–Crippen LogP) is 3.85. The van der Waals surface area contributed by atoms with Crippen molar-refractivity contribution in [3.63, 3.8) is 0 Å². The molecule has 5 nitrogen and oxygen atoms in total. The number of benzene rings is 1. The normalized spacial score (nSPS) is 15.0. The Balaban J connectivity index is 1.89. The minimum atomic E-state index is -0.949. The van der Waals surface area contributed by atoms with Crippen LogP contribution >= 0.6 is 38.9 Å². The molecule has 1 atom stereocenters. The van der Waals surface area contributed by atoms with Gasteiger partial charge in [0.25, 0.3) is 5.91 Å². The van der Waals surface area contributed by atoms with Crippen LogP contribution in [0.2, 0.25) is 5.02 Å². The molecule has 27 heavy (non-hydrogen) atoms. The highest BCUT2D eigenvalue weighted by Gasteiger charge is 2.30. The first-order valence-corrected chi connectivity index (χ1v) is 10.7. The molecule has 2 aromatic rings. The van der Waals surface area contributed by atoms with E-state index in [1.54, 1.807) is 17.0 Å². The number of likely N-dealkylation sites (tertiary alicyclic amines) is 1. The molecule has 0 saturated carbocycles. The van der Waals surface area contributed by atoms with Gasteiger partial charge in [0.2, 0.25) is 5.91 Å². The highest BCUT2D eigenvalue weighted by Crippen LogP contribution is 2.40. The van der Waals surface area contributed by atoms with Crippen LogP contribution in [-0.2, 0) is 4.79 Å². The number of carbonyl (C=O) groups excluding carboxylic acids is 2. The molecule has 8 heteroatoms. The van der Waals surface area contributed by atoms with Crippen molar-refractivity contribution in [1.29, 1.82) is 0 Å². The minimum Gasteiger partial charge on any atom is -0.394 e. The molecule has 1 aromatic heterocycles. The zero-order chi connectivity index (χ0) is 19.6. The Morgan fingerprint density at radius 3 is 2.70 bits per heavy atom. The number of carbonyl (C=O) groups is 2. The van der Waals surface area contributed by atoms with Crippen LogP contribution in [0.15, 0.2) is 28.1 Å². The van der Waals surface area contributed by atoms with E-state index in [1.165, 1.54) is 11.3 Å². The first-order chi connectivity index (χ1) is 12.9. The summed E-state index contributed by atoms with van der Waals surface area (Å²) in [6.45, 7) is 2.83. The molecule has 1 aliphatic heterocycles. The number of aliphatic hydroxyl groups excluding tert-OH is 1. The molecule has 2 amide bonds. The van der Waals surface area contributed by atoms with E-state index in [0.29, 0.717) is 27.5 Å². The fourth-order valence-electron chi connectivity index (χ4n) is 3.28. The summed E-state index contributed by atoms with van der Waals surface area (Å²) >= 11 is 11.0. The quantitative estimate of drug-likeness (QED) is 0.696. The number of aliphatic hydroxyl groups is 1. The summed E-state index contributed by atoms with van der Waals surface area (Å²) in [5, 5.41) is 12.9. The maximum absolute atomic E-state index is 13.0. The molecule has 3 rings (SSSR count). The average molecular weight is 472 g/mol. The molecule has 2 N–H and O–H groups in total. The van der Waals surface area contributed by atoms with E-state index in [1.807, 2.05) is 19.1 Å². The molecule has 0 aliphatic carbocycles. The molecule has 1 aliphatic rings. The maximum Gasteiger partial charge on any atom is 0.254 e. The fraction of sp³-hybridized carbons (Fsp3) is 0.368. The van der Waals surface area contributed by atoms with Crippen molar-refractivity contribution in [2.24, 2.45) is 0 Å². The van der Waals surface area contributed by atoms with Gasteiger partial charge in [0, 0.05) is 28.6 Å². The smallest absolute Gasteiger partial charge is 0.254 e. The largest absolute Gasteiger partial charge is 0.394 e. The standard InChI is InChI=1S/C19H20BrClN2O3S/c1-11-15(12-5-4-6-13(21)9-12)16(17(20)27-11)18(25)22-14(10-24)19(26)23-7-2-3-8-23/h4-6,9,14,24H,2-3,7-8,10H2,1H3,(H,22,25). The van der Waals surface area contributed by atoms with Crippen LogP contribution in [0, 0.1) is 6.92 Å². The van der Waals surface area contributed by atoms with E-state index >= 15 is 0 Å². The summed E-state index contributed by atoms with van der Waals surface area (Å²) in [7, 11) is 0. The third-order valence-electron chi connectivity index (χ3n) is 4.59. The molecule has 1 aromatic carbocycles. The van der Waals surface area contributed by atoms with Crippen molar-refractivity contribution in [3.05, 3.63) is 43.5 Å². The van der Waals surface area contributed by atoms with Gasteiger partial charge in [-0.05, 0) is 53.4 Å². The molecule has 1 fully saturated rings. The number of halogens is 2. The Kier molecular flexibility index (Phi) is 6.57. The lowest BCUT2D eigenvalue weighted by atomic mass is 10.0. The number of hydrogen-bond donors (Lipinski definition) is 2. The van der Waals surface area contributed by atoms with Gasteiger partial charge in [-0.25, -0.2) is 0 Å². The number of rotatable bonds is 5. The van der Waals surface area contributed by atoms with Crippen LogP contribution in [0.5, 0.6) is 0 Å². The van der Waals surface area contributed by atoms with Crippen molar-refractivity contribution < 1.29 is 14.7 Å². The van der Waals surface area contributed by atoms with Gasteiger partial charge in [0.05, 0.1) is 16.0 Å². The molecular formula is C19H20BrClN2O3S. The maximum atomic E-state index is 13.0. The van der Waals surface area contributed by atoms with Gasteiger partial charge in [-0.3, -0.25) is 9.59 Å². The molecule has 1 unspecified atom stereocenters. The second kappa shape index (κ2) is 8.73. The Labute approximate surface area is 175 Å². The molecule has 1 saturated heterocycles. The van der Waals surface area contributed by atoms with E-state index < -0.39 is 18.6 Å². The highest BCUT2D eigenvalue weighted by atomic mass is 79.9. The van der Waals surface area contributed by atoms with Gasteiger partial charge in [-0.15, -0.1) is 11.3 Å². The van der Waals surface area contributed by atoms with Crippen molar-refractivity contribution in [2.45, 2.75) is 25.8 Å². The van der Waals surface area contributed by atoms with Crippen molar-refractivity contribution in [3.8, 4) is 11.1 Å². The summed E-state index contributed by atoms with van der Waals surface area (Å²) in [5.41, 5.74) is 2.06. The lowest BCUT2D eigenvalue weighted by Crippen LogP contribution is -2.49. The Hall–Kier alpha value is -1.41. The number of nitrogens with zero attached hydrogens (tertiary/aromatic N) is 1. The monoisotopic (exact) mass is 470 g/mol. The lowest BCUT2D eigenvalue weighted by Gasteiger charge is -2.22. The number of amides is 2.